The van der Waals surface area contributed by atoms with Gasteiger partial charge in [0.05, 0.1) is 0 Å². The van der Waals surface area contributed by atoms with E-state index in [-0.39, 0.29) is 12.5 Å². The van der Waals surface area contributed by atoms with Crippen molar-refractivity contribution >= 4 is 11.6 Å². The second-order valence-electron chi connectivity index (χ2n) is 4.20. The molecule has 0 radical (unpaired) electrons. The lowest BCUT2D eigenvalue weighted by molar-refractivity contribution is -0.118. The number of amides is 1. The van der Waals surface area contributed by atoms with Crippen molar-refractivity contribution < 1.29 is 9.90 Å². The van der Waals surface area contributed by atoms with Gasteiger partial charge in [-0.2, -0.15) is 0 Å². The van der Waals surface area contributed by atoms with Gasteiger partial charge in [-0.25, -0.2) is 0 Å². The highest BCUT2D eigenvalue weighted by atomic mass is 16.2. The minimum atomic E-state index is 0.184. The molecule has 1 aliphatic rings. The zero-order valence-corrected chi connectivity index (χ0v) is 9.57. The molecule has 1 aliphatic heterocycles. The molecule has 0 spiro atoms. The Balaban J connectivity index is 2.36. The Morgan fingerprint density at radius 3 is 2.94 bits per heavy atom. The topological polar surface area (TPSA) is 40.5 Å². The minimum absolute atomic E-state index is 0.184. The van der Waals surface area contributed by atoms with Crippen molar-refractivity contribution in [2.45, 2.75) is 25.7 Å². The van der Waals surface area contributed by atoms with Gasteiger partial charge < -0.3 is 10.0 Å². The van der Waals surface area contributed by atoms with Crippen molar-refractivity contribution in [2.75, 3.05) is 18.6 Å². The number of rotatable bonds is 3. The zero-order chi connectivity index (χ0) is 11.5. The number of hydrogen-bond donors (Lipinski definition) is 1. The third-order valence-electron chi connectivity index (χ3n) is 3.13. The summed E-state index contributed by atoms with van der Waals surface area (Å²) in [7, 11) is 1.84. The maximum atomic E-state index is 11.7. The molecule has 0 aromatic heterocycles. The monoisotopic (exact) mass is 219 g/mol. The highest BCUT2D eigenvalue weighted by Gasteiger charge is 2.22. The average Bonchev–Trinajstić information content (AvgIpc) is 2.31. The standard InChI is InChI=1S/C13H17NO2/c1-14-12(16)8-7-11-5-2-4-10(13(11)14)6-3-9-15/h2,4-5,15H,3,6-9H2,1H3. The predicted molar refractivity (Wildman–Crippen MR) is 63.6 cm³/mol. The first-order valence-corrected chi connectivity index (χ1v) is 5.72. The molecule has 0 saturated heterocycles. The molecule has 2 rings (SSSR count). The van der Waals surface area contributed by atoms with Crippen molar-refractivity contribution in [3.05, 3.63) is 29.3 Å². The molecule has 86 valence electrons. The summed E-state index contributed by atoms with van der Waals surface area (Å²) in [6.07, 6.45) is 3.02. The molecule has 3 nitrogen and oxygen atoms in total. The highest BCUT2D eigenvalue weighted by molar-refractivity contribution is 5.96. The van der Waals surface area contributed by atoms with Crippen LogP contribution in [0.3, 0.4) is 0 Å². The zero-order valence-electron chi connectivity index (χ0n) is 9.57. The minimum Gasteiger partial charge on any atom is -0.396 e. The van der Waals surface area contributed by atoms with E-state index in [1.807, 2.05) is 19.2 Å². The predicted octanol–water partition coefficient (Wildman–Crippen LogP) is 1.52. The first kappa shape index (κ1) is 11.1. The number of benzene rings is 1. The number of aryl methyl sites for hydroxylation is 2. The van der Waals surface area contributed by atoms with Crippen LogP contribution < -0.4 is 4.90 Å². The number of carbonyl (C=O) groups is 1. The molecular weight excluding hydrogens is 202 g/mol. The number of carbonyl (C=O) groups excluding carboxylic acids is 1. The van der Waals surface area contributed by atoms with E-state index in [4.69, 9.17) is 5.11 Å². The second kappa shape index (κ2) is 4.66. The smallest absolute Gasteiger partial charge is 0.227 e. The molecule has 1 aromatic carbocycles. The molecule has 0 fully saturated rings. The van der Waals surface area contributed by atoms with Crippen LogP contribution in [0.2, 0.25) is 0 Å². The molecule has 1 aromatic rings. The Hall–Kier alpha value is -1.35. The van der Waals surface area contributed by atoms with E-state index >= 15 is 0 Å². The number of hydrogen-bond acceptors (Lipinski definition) is 2. The second-order valence-corrected chi connectivity index (χ2v) is 4.20. The van der Waals surface area contributed by atoms with E-state index in [0.717, 1.165) is 24.9 Å². The van der Waals surface area contributed by atoms with Crippen molar-refractivity contribution in [1.82, 2.24) is 0 Å². The summed E-state index contributed by atoms with van der Waals surface area (Å²) < 4.78 is 0. The Morgan fingerprint density at radius 2 is 2.19 bits per heavy atom. The Morgan fingerprint density at radius 1 is 1.38 bits per heavy atom. The van der Waals surface area contributed by atoms with Gasteiger partial charge in [0.25, 0.3) is 0 Å². The van der Waals surface area contributed by atoms with Crippen LogP contribution in [0.4, 0.5) is 5.69 Å². The van der Waals surface area contributed by atoms with Gasteiger partial charge in [0.15, 0.2) is 0 Å². The summed E-state index contributed by atoms with van der Waals surface area (Å²) in [5.74, 6) is 0.184. The van der Waals surface area contributed by atoms with Crippen LogP contribution in [0, 0.1) is 0 Å². The molecule has 3 heteroatoms. The van der Waals surface area contributed by atoms with E-state index in [9.17, 15) is 4.79 Å². The lowest BCUT2D eigenvalue weighted by Crippen LogP contribution is -2.32. The van der Waals surface area contributed by atoms with Crippen molar-refractivity contribution in [2.24, 2.45) is 0 Å². The largest absolute Gasteiger partial charge is 0.396 e. The number of para-hydroxylation sites is 1. The fourth-order valence-electron chi connectivity index (χ4n) is 2.28. The van der Waals surface area contributed by atoms with Gasteiger partial charge in [-0.05, 0) is 30.4 Å². The molecule has 1 heterocycles. The average molecular weight is 219 g/mol. The summed E-state index contributed by atoms with van der Waals surface area (Å²) in [6.45, 7) is 0.196. The number of fused-ring (bicyclic) bond motifs is 1. The third kappa shape index (κ3) is 1.95. The Labute approximate surface area is 95.7 Å². The first-order chi connectivity index (χ1) is 7.74. The number of aliphatic hydroxyl groups excluding tert-OH is 1. The maximum Gasteiger partial charge on any atom is 0.227 e. The van der Waals surface area contributed by atoms with E-state index in [1.165, 1.54) is 11.1 Å². The van der Waals surface area contributed by atoms with Crippen LogP contribution in [0.25, 0.3) is 0 Å². The molecule has 0 saturated carbocycles. The van der Waals surface area contributed by atoms with Gasteiger partial charge in [0, 0.05) is 25.8 Å². The van der Waals surface area contributed by atoms with Crippen LogP contribution in [0.5, 0.6) is 0 Å². The van der Waals surface area contributed by atoms with Gasteiger partial charge in [0.2, 0.25) is 5.91 Å². The summed E-state index contributed by atoms with van der Waals surface area (Å²) in [4.78, 5) is 13.4. The lowest BCUT2D eigenvalue weighted by Gasteiger charge is -2.28. The highest BCUT2D eigenvalue weighted by Crippen LogP contribution is 2.31. The summed E-state index contributed by atoms with van der Waals surface area (Å²) in [6, 6.07) is 6.17. The SMILES string of the molecule is CN1C(=O)CCc2cccc(CCCO)c21. The fourth-order valence-corrected chi connectivity index (χ4v) is 2.28. The van der Waals surface area contributed by atoms with Crippen LogP contribution in [-0.2, 0) is 17.6 Å². The van der Waals surface area contributed by atoms with Gasteiger partial charge in [-0.15, -0.1) is 0 Å². The van der Waals surface area contributed by atoms with Crippen molar-refractivity contribution in [3.8, 4) is 0 Å². The molecule has 0 bridgehead atoms. The normalized spacial score (nSPS) is 15.1. The van der Waals surface area contributed by atoms with Crippen molar-refractivity contribution in [3.63, 3.8) is 0 Å². The van der Waals surface area contributed by atoms with Crippen LogP contribution in [-0.4, -0.2) is 24.7 Å². The van der Waals surface area contributed by atoms with E-state index in [0.29, 0.717) is 6.42 Å². The number of nitrogens with zero attached hydrogens (tertiary/aromatic N) is 1. The molecule has 0 unspecified atom stereocenters. The number of aliphatic hydroxyl groups is 1. The Kier molecular flexibility index (Phi) is 3.25. The quantitative estimate of drug-likeness (QED) is 0.837. The van der Waals surface area contributed by atoms with Gasteiger partial charge in [-0.1, -0.05) is 18.2 Å². The molecular formula is C13H17NO2. The summed E-state index contributed by atoms with van der Waals surface area (Å²) in [5.41, 5.74) is 3.48. The third-order valence-corrected chi connectivity index (χ3v) is 3.13. The Bertz CT molecular complexity index is 401. The van der Waals surface area contributed by atoms with E-state index in [1.54, 1.807) is 4.90 Å². The van der Waals surface area contributed by atoms with Crippen LogP contribution in [0.1, 0.15) is 24.0 Å². The molecule has 1 N–H and O–H groups in total. The molecule has 1 amide bonds. The van der Waals surface area contributed by atoms with Crippen LogP contribution >= 0.6 is 0 Å². The van der Waals surface area contributed by atoms with Gasteiger partial charge >= 0.3 is 0 Å². The summed E-state index contributed by atoms with van der Waals surface area (Å²) >= 11 is 0. The van der Waals surface area contributed by atoms with Gasteiger partial charge in [-0.3, -0.25) is 4.79 Å². The van der Waals surface area contributed by atoms with Crippen molar-refractivity contribution in [1.29, 1.82) is 0 Å². The summed E-state index contributed by atoms with van der Waals surface area (Å²) in [5, 5.41) is 8.87. The lowest BCUT2D eigenvalue weighted by atomic mass is 9.95. The fraction of sp³-hybridized carbons (Fsp3) is 0.462. The molecule has 16 heavy (non-hydrogen) atoms. The first-order valence-electron chi connectivity index (χ1n) is 5.72. The van der Waals surface area contributed by atoms with Gasteiger partial charge in [0.1, 0.15) is 0 Å². The maximum absolute atomic E-state index is 11.7. The molecule has 0 atom stereocenters. The van der Waals surface area contributed by atoms with E-state index < -0.39 is 0 Å². The van der Waals surface area contributed by atoms with E-state index in [2.05, 4.69) is 6.07 Å². The number of anilines is 1. The van der Waals surface area contributed by atoms with Crippen LogP contribution in [0.15, 0.2) is 18.2 Å². The molecule has 0 aliphatic carbocycles.